The molecule has 7 heteroatoms. The summed E-state index contributed by atoms with van der Waals surface area (Å²) in [6.45, 7) is 0. The number of hydrogen-bond acceptors (Lipinski definition) is 4. The van der Waals surface area contributed by atoms with E-state index in [4.69, 9.17) is 16.3 Å². The van der Waals surface area contributed by atoms with Crippen LogP contribution in [0, 0.1) is 0 Å². The molecule has 1 N–H and O–H groups in total. The molecule has 0 unspecified atom stereocenters. The van der Waals surface area contributed by atoms with Crippen molar-refractivity contribution in [3.8, 4) is 5.75 Å². The van der Waals surface area contributed by atoms with Gasteiger partial charge in [-0.3, -0.25) is 0 Å². The highest BCUT2D eigenvalue weighted by atomic mass is 79.9. The first-order valence-corrected chi connectivity index (χ1v) is 7.66. The molecular weight excluding hydrogens is 332 g/mol. The van der Waals surface area contributed by atoms with Gasteiger partial charge in [-0.15, -0.1) is 0 Å². The van der Waals surface area contributed by atoms with Crippen LogP contribution in [0.3, 0.4) is 0 Å². The molecule has 0 radical (unpaired) electrons. The van der Waals surface area contributed by atoms with Crippen molar-refractivity contribution in [2.45, 2.75) is 9.22 Å². The minimum absolute atomic E-state index is 0.378. The fourth-order valence-electron chi connectivity index (χ4n) is 1.18. The van der Waals surface area contributed by atoms with E-state index in [-0.39, 0.29) is 0 Å². The highest BCUT2D eigenvalue weighted by Crippen LogP contribution is 2.42. The van der Waals surface area contributed by atoms with Crippen LogP contribution in [-0.2, 0) is 9.84 Å². The Balaban J connectivity index is 3.08. The third kappa shape index (κ3) is 3.13. The van der Waals surface area contributed by atoms with E-state index in [0.717, 1.165) is 6.26 Å². The van der Waals surface area contributed by atoms with Gasteiger partial charge in [-0.25, -0.2) is 8.42 Å². The van der Waals surface area contributed by atoms with E-state index < -0.39 is 19.1 Å². The molecule has 0 aliphatic carbocycles. The lowest BCUT2D eigenvalue weighted by Crippen LogP contribution is -2.32. The average molecular weight is 344 g/mol. The van der Waals surface area contributed by atoms with E-state index in [1.807, 2.05) is 0 Å². The highest BCUT2D eigenvalue weighted by Gasteiger charge is 2.44. The zero-order valence-electron chi connectivity index (χ0n) is 9.22. The van der Waals surface area contributed by atoms with Gasteiger partial charge < -0.3 is 9.84 Å². The first-order chi connectivity index (χ1) is 7.70. The highest BCUT2D eigenvalue weighted by molar-refractivity contribution is 9.12. The van der Waals surface area contributed by atoms with Crippen LogP contribution in [0.5, 0.6) is 5.75 Å². The van der Waals surface area contributed by atoms with Crippen molar-refractivity contribution in [1.82, 2.24) is 0 Å². The van der Waals surface area contributed by atoms with Crippen LogP contribution in [0.4, 0.5) is 0 Å². The van der Waals surface area contributed by atoms with E-state index in [1.54, 1.807) is 24.3 Å². The molecule has 0 spiro atoms. The SMILES string of the molecule is COc1ccc([C@H](O)[C@](Cl)(Br)S(C)(=O)=O)cc1. The van der Waals surface area contributed by atoms with E-state index in [1.165, 1.54) is 7.11 Å². The molecule has 1 aromatic carbocycles. The number of ether oxygens (including phenoxy) is 1. The third-order valence-electron chi connectivity index (χ3n) is 2.24. The molecule has 0 saturated heterocycles. The van der Waals surface area contributed by atoms with E-state index in [2.05, 4.69) is 15.9 Å². The largest absolute Gasteiger partial charge is 0.497 e. The van der Waals surface area contributed by atoms with Gasteiger partial charge in [0.1, 0.15) is 11.9 Å². The fourth-order valence-corrected chi connectivity index (χ4v) is 2.11. The van der Waals surface area contributed by atoms with Crippen LogP contribution >= 0.6 is 27.5 Å². The van der Waals surface area contributed by atoms with Gasteiger partial charge in [-0.1, -0.05) is 23.7 Å². The zero-order chi connectivity index (χ0) is 13.3. The number of halogens is 2. The normalized spacial score (nSPS) is 17.2. The Morgan fingerprint density at radius 1 is 1.41 bits per heavy atom. The summed E-state index contributed by atoms with van der Waals surface area (Å²) in [5, 5.41) is 9.95. The zero-order valence-corrected chi connectivity index (χ0v) is 12.4. The minimum Gasteiger partial charge on any atom is -0.497 e. The van der Waals surface area contributed by atoms with Crippen molar-refractivity contribution < 1.29 is 18.3 Å². The van der Waals surface area contributed by atoms with Gasteiger partial charge in [0, 0.05) is 6.26 Å². The van der Waals surface area contributed by atoms with Crippen LogP contribution in [0.2, 0.25) is 0 Å². The van der Waals surface area contributed by atoms with Gasteiger partial charge in [0.05, 0.1) is 7.11 Å². The molecule has 0 amide bonds. The molecule has 1 aromatic rings. The maximum absolute atomic E-state index is 11.4. The fraction of sp³-hybridized carbons (Fsp3) is 0.400. The number of benzene rings is 1. The van der Waals surface area contributed by atoms with E-state index in [0.29, 0.717) is 11.3 Å². The number of sulfone groups is 1. The molecule has 96 valence electrons. The third-order valence-corrected chi connectivity index (χ3v) is 6.70. The van der Waals surface area contributed by atoms with Crippen LogP contribution in [0.25, 0.3) is 0 Å². The summed E-state index contributed by atoms with van der Waals surface area (Å²) in [5.74, 6) is 0.607. The van der Waals surface area contributed by atoms with Crippen molar-refractivity contribution in [3.05, 3.63) is 29.8 Å². The number of aliphatic hydroxyl groups is 1. The second-order valence-electron chi connectivity index (χ2n) is 3.51. The predicted molar refractivity (Wildman–Crippen MR) is 70.3 cm³/mol. The Morgan fingerprint density at radius 3 is 2.24 bits per heavy atom. The van der Waals surface area contributed by atoms with Crippen molar-refractivity contribution in [2.75, 3.05) is 13.4 Å². The molecule has 0 aliphatic heterocycles. The molecule has 4 nitrogen and oxygen atoms in total. The van der Waals surface area contributed by atoms with Gasteiger partial charge in [-0.2, -0.15) is 0 Å². The first kappa shape index (κ1) is 14.8. The minimum atomic E-state index is -3.66. The maximum atomic E-state index is 11.4. The van der Waals surface area contributed by atoms with Gasteiger partial charge in [0.2, 0.25) is 3.12 Å². The Labute approximate surface area is 114 Å². The average Bonchev–Trinajstić information content (AvgIpc) is 2.26. The molecule has 2 atom stereocenters. The van der Waals surface area contributed by atoms with Crippen molar-refractivity contribution >= 4 is 37.4 Å². The van der Waals surface area contributed by atoms with E-state index in [9.17, 15) is 13.5 Å². The standard InChI is InChI=1S/C10H12BrClO4S/c1-16-8-5-3-7(4-6-8)9(13)10(11,12)17(2,14)15/h3-6,9,13H,1-2H3/t9-,10+/m0/s1. The van der Waals surface area contributed by atoms with Crippen molar-refractivity contribution in [1.29, 1.82) is 0 Å². The number of rotatable bonds is 4. The predicted octanol–water partition coefficient (Wildman–Crippen LogP) is 2.06. The summed E-state index contributed by atoms with van der Waals surface area (Å²) >= 11 is 8.65. The molecule has 0 saturated carbocycles. The Bertz CT molecular complexity index is 484. The molecular formula is C10H12BrClO4S. The summed E-state index contributed by atoms with van der Waals surface area (Å²) in [6.07, 6.45) is -0.438. The second-order valence-corrected chi connectivity index (χ2v) is 8.75. The van der Waals surface area contributed by atoms with Gasteiger partial charge in [0.15, 0.2) is 9.84 Å². The summed E-state index contributed by atoms with van der Waals surface area (Å²) in [5.41, 5.74) is 0.378. The van der Waals surface area contributed by atoms with Crippen molar-refractivity contribution in [2.24, 2.45) is 0 Å². The lowest BCUT2D eigenvalue weighted by Gasteiger charge is -2.24. The summed E-state index contributed by atoms with van der Waals surface area (Å²) in [6, 6.07) is 6.32. The monoisotopic (exact) mass is 342 g/mol. The number of methoxy groups -OCH3 is 1. The number of alkyl halides is 2. The Hall–Kier alpha value is -0.300. The first-order valence-electron chi connectivity index (χ1n) is 4.59. The Morgan fingerprint density at radius 2 is 1.88 bits per heavy atom. The molecule has 0 aromatic heterocycles. The summed E-state index contributed by atoms with van der Waals surface area (Å²) in [4.78, 5) is 0. The van der Waals surface area contributed by atoms with Crippen LogP contribution in [0.1, 0.15) is 11.7 Å². The number of aliphatic hydroxyl groups excluding tert-OH is 1. The summed E-state index contributed by atoms with van der Waals surface area (Å²) in [7, 11) is -2.15. The molecule has 0 heterocycles. The molecule has 0 fully saturated rings. The van der Waals surface area contributed by atoms with E-state index >= 15 is 0 Å². The van der Waals surface area contributed by atoms with Gasteiger partial charge in [-0.05, 0) is 33.6 Å². The second kappa shape index (κ2) is 5.14. The molecule has 17 heavy (non-hydrogen) atoms. The lowest BCUT2D eigenvalue weighted by atomic mass is 10.1. The molecule has 0 aliphatic rings. The quantitative estimate of drug-likeness (QED) is 0.850. The maximum Gasteiger partial charge on any atom is 0.228 e. The van der Waals surface area contributed by atoms with Crippen molar-refractivity contribution in [3.63, 3.8) is 0 Å². The van der Waals surface area contributed by atoms with Gasteiger partial charge >= 0.3 is 0 Å². The molecule has 1 rings (SSSR count). The van der Waals surface area contributed by atoms with Gasteiger partial charge in [0.25, 0.3) is 0 Å². The summed E-state index contributed by atoms with van der Waals surface area (Å²) < 4.78 is 25.9. The van der Waals surface area contributed by atoms with Crippen LogP contribution in [-0.4, -0.2) is 30.0 Å². The van der Waals surface area contributed by atoms with Crippen LogP contribution in [0.15, 0.2) is 24.3 Å². The lowest BCUT2D eigenvalue weighted by molar-refractivity contribution is 0.185. The van der Waals surface area contributed by atoms with Crippen LogP contribution < -0.4 is 4.74 Å². The Kier molecular flexibility index (Phi) is 4.46. The number of hydrogen-bond donors (Lipinski definition) is 1. The smallest absolute Gasteiger partial charge is 0.228 e. The molecule has 0 bridgehead atoms. The topological polar surface area (TPSA) is 63.6 Å².